The van der Waals surface area contributed by atoms with Crippen molar-refractivity contribution >= 4 is 60.8 Å². The van der Waals surface area contributed by atoms with Gasteiger partial charge in [0.05, 0.1) is 27.2 Å². The summed E-state index contributed by atoms with van der Waals surface area (Å²) in [6.07, 6.45) is 0. The zero-order valence-corrected chi connectivity index (χ0v) is 25.8. The molecule has 1 aromatic carbocycles. The minimum Gasteiger partial charge on any atom is -0.231 e. The Bertz CT molecular complexity index is 832. The molecule has 0 radical (unpaired) electrons. The third kappa shape index (κ3) is 4.12. The number of halogens is 2. The fraction of sp³-hybridized carbons (Fsp3) is 0.692. The lowest BCUT2D eigenvalue weighted by atomic mass is 10.3. The minimum absolute atomic E-state index is 0.322. The zero-order valence-electron chi connectivity index (χ0n) is 22.3. The average Bonchev–Trinajstić information content (AvgIpc) is 2.63. The van der Waals surface area contributed by atoms with Crippen LogP contribution in [0.4, 0.5) is 0 Å². The molecule has 2 rings (SSSR count). The summed E-state index contributed by atoms with van der Waals surface area (Å²) < 4.78 is 0. The van der Waals surface area contributed by atoms with E-state index in [4.69, 9.17) is 33.2 Å². The normalized spacial score (nSPS) is 13.8. The maximum absolute atomic E-state index is 6.52. The van der Waals surface area contributed by atoms with Gasteiger partial charge in [-0.2, -0.15) is 0 Å². The first-order valence-electron chi connectivity index (χ1n) is 12.3. The molecule has 2 aromatic rings. The molecular weight excluding hydrogens is 467 g/mol. The molecule has 1 heterocycles. The number of fused-ring (bicyclic) bond motifs is 1. The van der Waals surface area contributed by atoms with E-state index in [9.17, 15) is 0 Å². The molecule has 0 aliphatic rings. The van der Waals surface area contributed by atoms with Gasteiger partial charge in [-0.1, -0.05) is 118 Å². The van der Waals surface area contributed by atoms with Gasteiger partial charge in [0.15, 0.2) is 10.3 Å². The van der Waals surface area contributed by atoms with Crippen LogP contribution >= 0.6 is 23.2 Å². The highest BCUT2D eigenvalue weighted by Gasteiger charge is 2.49. The molecule has 0 unspecified atom stereocenters. The van der Waals surface area contributed by atoms with Gasteiger partial charge in [0.2, 0.25) is 0 Å². The lowest BCUT2D eigenvalue weighted by Crippen LogP contribution is -2.59. The zero-order chi connectivity index (χ0) is 24.8. The van der Waals surface area contributed by atoms with Crippen molar-refractivity contribution in [3.05, 3.63) is 22.4 Å². The van der Waals surface area contributed by atoms with Crippen molar-refractivity contribution in [2.75, 3.05) is 0 Å². The molecule has 1 aromatic heterocycles. The molecule has 0 amide bonds. The van der Waals surface area contributed by atoms with Crippen molar-refractivity contribution in [1.29, 1.82) is 0 Å². The number of hydrogen-bond donors (Lipinski definition) is 0. The van der Waals surface area contributed by atoms with Gasteiger partial charge in [-0.25, -0.2) is 9.97 Å². The van der Waals surface area contributed by atoms with E-state index in [2.05, 4.69) is 95.2 Å². The first-order valence-corrected chi connectivity index (χ1v) is 17.6. The molecular formula is C26H44Cl2N2Si2. The van der Waals surface area contributed by atoms with E-state index in [0.717, 1.165) is 11.0 Å². The van der Waals surface area contributed by atoms with E-state index in [-0.39, 0.29) is 0 Å². The van der Waals surface area contributed by atoms with Gasteiger partial charge >= 0.3 is 0 Å². The topological polar surface area (TPSA) is 25.8 Å². The van der Waals surface area contributed by atoms with Crippen LogP contribution in [0.1, 0.15) is 83.1 Å². The van der Waals surface area contributed by atoms with Crippen LogP contribution in [0.25, 0.3) is 11.0 Å². The molecule has 0 spiro atoms. The molecule has 0 saturated carbocycles. The number of benzene rings is 1. The van der Waals surface area contributed by atoms with Crippen molar-refractivity contribution in [2.45, 2.75) is 116 Å². The van der Waals surface area contributed by atoms with Crippen LogP contribution < -0.4 is 10.4 Å². The highest BCUT2D eigenvalue weighted by molar-refractivity contribution is 6.98. The predicted octanol–water partition coefficient (Wildman–Crippen LogP) is 8.71. The molecule has 0 aliphatic heterocycles. The third-order valence-corrected chi connectivity index (χ3v) is 23.2. The highest BCUT2D eigenvalue weighted by atomic mass is 35.5. The molecule has 0 atom stereocenters. The quantitative estimate of drug-likeness (QED) is 0.331. The summed E-state index contributed by atoms with van der Waals surface area (Å²) in [7, 11) is -3.92. The monoisotopic (exact) mass is 510 g/mol. The summed E-state index contributed by atoms with van der Waals surface area (Å²) in [6.45, 7) is 28.7. The van der Waals surface area contributed by atoms with Gasteiger partial charge in [0, 0.05) is 0 Å². The van der Waals surface area contributed by atoms with E-state index >= 15 is 0 Å². The number of rotatable bonds is 8. The Morgan fingerprint density at radius 3 is 0.906 bits per heavy atom. The van der Waals surface area contributed by atoms with Crippen molar-refractivity contribution in [2.24, 2.45) is 0 Å². The largest absolute Gasteiger partial charge is 0.231 e. The van der Waals surface area contributed by atoms with Gasteiger partial charge in [0.1, 0.15) is 0 Å². The fourth-order valence-electron chi connectivity index (χ4n) is 7.66. The minimum atomic E-state index is -1.96. The summed E-state index contributed by atoms with van der Waals surface area (Å²) in [5.41, 5.74) is 5.50. The summed E-state index contributed by atoms with van der Waals surface area (Å²) in [6, 6.07) is 4.86. The van der Waals surface area contributed by atoms with E-state index in [1.807, 2.05) is 0 Å². The Balaban J connectivity index is 3.16. The van der Waals surface area contributed by atoms with Gasteiger partial charge in [-0.15, -0.1) is 0 Å². The molecule has 180 valence electrons. The fourth-order valence-corrected chi connectivity index (χ4v) is 21.6. The first-order chi connectivity index (χ1) is 14.7. The molecule has 2 nitrogen and oxygen atoms in total. The van der Waals surface area contributed by atoms with Crippen LogP contribution in [-0.4, -0.2) is 26.1 Å². The van der Waals surface area contributed by atoms with E-state index in [1.165, 1.54) is 10.4 Å². The lowest BCUT2D eigenvalue weighted by Gasteiger charge is -2.46. The second kappa shape index (κ2) is 10.1. The molecule has 32 heavy (non-hydrogen) atoms. The second-order valence-corrected chi connectivity index (χ2v) is 23.9. The first kappa shape index (κ1) is 27.8. The van der Waals surface area contributed by atoms with Crippen molar-refractivity contribution < 1.29 is 0 Å². The maximum Gasteiger partial charge on any atom is 0.167 e. The Labute approximate surface area is 208 Å². The Kier molecular flexibility index (Phi) is 8.74. The Morgan fingerprint density at radius 1 is 0.500 bits per heavy atom. The van der Waals surface area contributed by atoms with E-state index < -0.39 is 16.1 Å². The van der Waals surface area contributed by atoms with E-state index in [0.29, 0.717) is 43.6 Å². The van der Waals surface area contributed by atoms with Crippen LogP contribution in [0.3, 0.4) is 0 Å². The summed E-state index contributed by atoms with van der Waals surface area (Å²) in [5, 5.41) is 3.45. The summed E-state index contributed by atoms with van der Waals surface area (Å²) >= 11 is 13.0. The lowest BCUT2D eigenvalue weighted by molar-refractivity contribution is 0.833. The van der Waals surface area contributed by atoms with E-state index in [1.54, 1.807) is 0 Å². The molecule has 6 heteroatoms. The van der Waals surface area contributed by atoms with Gasteiger partial charge in [-0.05, 0) is 43.6 Å². The van der Waals surface area contributed by atoms with Gasteiger partial charge in [0.25, 0.3) is 0 Å². The highest BCUT2D eigenvalue weighted by Crippen LogP contribution is 2.45. The molecule has 0 bridgehead atoms. The smallest absolute Gasteiger partial charge is 0.167 e. The van der Waals surface area contributed by atoms with Crippen molar-refractivity contribution in [1.82, 2.24) is 9.97 Å². The van der Waals surface area contributed by atoms with Gasteiger partial charge < -0.3 is 0 Å². The van der Waals surface area contributed by atoms with Crippen LogP contribution in [0, 0.1) is 0 Å². The van der Waals surface area contributed by atoms with Gasteiger partial charge in [-0.3, -0.25) is 0 Å². The predicted molar refractivity (Wildman–Crippen MR) is 151 cm³/mol. The SMILES string of the molecule is CC(C)[Si](c1ccc([Si](C(C)C)(C(C)C)C(C)C)c2nc(Cl)c(Cl)nc12)(C(C)C)C(C)C. The van der Waals surface area contributed by atoms with Crippen LogP contribution in [0.5, 0.6) is 0 Å². The van der Waals surface area contributed by atoms with Crippen LogP contribution in [-0.2, 0) is 0 Å². The van der Waals surface area contributed by atoms with Crippen molar-refractivity contribution in [3.63, 3.8) is 0 Å². The molecule has 0 fully saturated rings. The molecule has 0 saturated heterocycles. The van der Waals surface area contributed by atoms with Crippen LogP contribution in [0.15, 0.2) is 12.1 Å². The second-order valence-electron chi connectivity index (χ2n) is 11.5. The van der Waals surface area contributed by atoms with Crippen molar-refractivity contribution in [3.8, 4) is 0 Å². The van der Waals surface area contributed by atoms with Crippen LogP contribution in [0.2, 0.25) is 43.6 Å². The summed E-state index contributed by atoms with van der Waals surface area (Å²) in [5.74, 6) is 0. The standard InChI is InChI=1S/C26H44Cl2N2Si2/c1-15(2)31(16(3)4,17(5)6)21-13-14-22(24-23(21)29-25(27)26(28)30-24)32(18(7)8,19(9)10)20(11)12/h13-20H,1-12H3. The molecule has 0 aliphatic carbocycles. The summed E-state index contributed by atoms with van der Waals surface area (Å²) in [4.78, 5) is 9.94. The average molecular weight is 512 g/mol. The third-order valence-electron chi connectivity index (χ3n) is 8.41. The number of hydrogen-bond acceptors (Lipinski definition) is 2. The number of nitrogens with zero attached hydrogens (tertiary/aromatic N) is 2. The number of aromatic nitrogens is 2. The maximum atomic E-state index is 6.52. The Hall–Kier alpha value is -0.426. The Morgan fingerprint density at radius 2 is 0.719 bits per heavy atom. The molecule has 0 N–H and O–H groups in total.